The molecule has 4 nitrogen and oxygen atoms in total. The summed E-state index contributed by atoms with van der Waals surface area (Å²) >= 11 is 9.35. The molecule has 1 aromatic heterocycles. The van der Waals surface area contributed by atoms with E-state index in [-0.39, 0.29) is 39.5 Å². The number of aromatic nitrogens is 1. The van der Waals surface area contributed by atoms with Crippen LogP contribution in [0.2, 0.25) is 5.02 Å². The van der Waals surface area contributed by atoms with Crippen molar-refractivity contribution < 1.29 is 13.6 Å². The molecule has 0 saturated heterocycles. The summed E-state index contributed by atoms with van der Waals surface area (Å²) in [7, 11) is 0. The highest BCUT2D eigenvalue weighted by Crippen LogP contribution is 2.37. The van der Waals surface area contributed by atoms with Gasteiger partial charge in [-0.3, -0.25) is 9.59 Å². The van der Waals surface area contributed by atoms with Gasteiger partial charge in [0.05, 0.1) is 15.6 Å². The second-order valence-electron chi connectivity index (χ2n) is 4.36. The SMILES string of the molecule is O=C(Cn1cc(Br)ccc1=O)Nc1cccc(Cl)c1SC(F)F. The minimum atomic E-state index is -2.67. The van der Waals surface area contributed by atoms with E-state index in [0.29, 0.717) is 4.47 Å². The summed E-state index contributed by atoms with van der Waals surface area (Å²) in [5.74, 6) is -3.19. The van der Waals surface area contributed by atoms with Crippen LogP contribution in [0.5, 0.6) is 0 Å². The lowest BCUT2D eigenvalue weighted by Crippen LogP contribution is -2.26. The number of pyridine rings is 1. The van der Waals surface area contributed by atoms with Crippen LogP contribution in [0.25, 0.3) is 0 Å². The molecule has 1 heterocycles. The van der Waals surface area contributed by atoms with E-state index in [1.165, 1.54) is 29.0 Å². The van der Waals surface area contributed by atoms with Gasteiger partial charge in [-0.05, 0) is 34.1 Å². The minimum Gasteiger partial charge on any atom is -0.323 e. The summed E-state index contributed by atoms with van der Waals surface area (Å²) in [6.07, 6.45) is 1.47. The molecule has 0 fully saturated rings. The number of halogens is 4. The van der Waals surface area contributed by atoms with Crippen molar-refractivity contribution in [1.29, 1.82) is 0 Å². The average Bonchev–Trinajstić information content (AvgIpc) is 2.46. The largest absolute Gasteiger partial charge is 0.323 e. The smallest absolute Gasteiger partial charge is 0.289 e. The number of hydrogen-bond donors (Lipinski definition) is 1. The Morgan fingerprint density at radius 2 is 2.09 bits per heavy atom. The first-order chi connectivity index (χ1) is 10.9. The molecular weight excluding hydrogens is 414 g/mol. The van der Waals surface area contributed by atoms with Crippen LogP contribution in [0.15, 0.2) is 50.7 Å². The zero-order valence-electron chi connectivity index (χ0n) is 11.4. The van der Waals surface area contributed by atoms with Gasteiger partial charge in [-0.2, -0.15) is 8.78 Å². The molecule has 0 bridgehead atoms. The Bertz CT molecular complexity index is 786. The van der Waals surface area contributed by atoms with Gasteiger partial charge >= 0.3 is 0 Å². The predicted octanol–water partition coefficient (Wildman–Crippen LogP) is 4.22. The summed E-state index contributed by atoms with van der Waals surface area (Å²) in [5.41, 5.74) is -0.174. The van der Waals surface area contributed by atoms with Crippen molar-refractivity contribution in [2.24, 2.45) is 0 Å². The fourth-order valence-corrected chi connectivity index (χ4v) is 3.08. The standard InChI is InChI=1S/C14H10BrClF2N2O2S/c15-8-4-5-12(22)20(6-8)7-11(21)19-10-3-1-2-9(16)13(10)23-14(17)18/h1-6,14H,7H2,(H,19,21). The van der Waals surface area contributed by atoms with Crippen LogP contribution in [-0.4, -0.2) is 16.2 Å². The first-order valence-electron chi connectivity index (χ1n) is 6.26. The highest BCUT2D eigenvalue weighted by molar-refractivity contribution is 9.10. The number of anilines is 1. The van der Waals surface area contributed by atoms with E-state index in [9.17, 15) is 18.4 Å². The van der Waals surface area contributed by atoms with Crippen LogP contribution in [-0.2, 0) is 11.3 Å². The maximum absolute atomic E-state index is 12.6. The lowest BCUT2D eigenvalue weighted by molar-refractivity contribution is -0.116. The van der Waals surface area contributed by atoms with E-state index in [1.807, 2.05) is 0 Å². The Morgan fingerprint density at radius 1 is 1.35 bits per heavy atom. The second kappa shape index (κ2) is 7.94. The maximum Gasteiger partial charge on any atom is 0.289 e. The van der Waals surface area contributed by atoms with Crippen LogP contribution in [0.1, 0.15) is 0 Å². The van der Waals surface area contributed by atoms with Gasteiger partial charge in [-0.25, -0.2) is 0 Å². The third-order valence-corrected chi connectivity index (χ3v) is 4.46. The van der Waals surface area contributed by atoms with Gasteiger partial charge in [-0.1, -0.05) is 29.4 Å². The fraction of sp³-hybridized carbons (Fsp3) is 0.143. The normalized spacial score (nSPS) is 10.8. The average molecular weight is 424 g/mol. The van der Waals surface area contributed by atoms with Crippen molar-refractivity contribution >= 4 is 50.9 Å². The number of benzene rings is 1. The van der Waals surface area contributed by atoms with Crippen molar-refractivity contribution in [3.05, 3.63) is 56.4 Å². The van der Waals surface area contributed by atoms with Crippen molar-refractivity contribution in [1.82, 2.24) is 4.57 Å². The van der Waals surface area contributed by atoms with E-state index >= 15 is 0 Å². The monoisotopic (exact) mass is 422 g/mol. The van der Waals surface area contributed by atoms with Crippen molar-refractivity contribution in [3.63, 3.8) is 0 Å². The van der Waals surface area contributed by atoms with Crippen LogP contribution < -0.4 is 10.9 Å². The van der Waals surface area contributed by atoms with E-state index in [1.54, 1.807) is 12.1 Å². The molecule has 0 aliphatic rings. The summed E-state index contributed by atoms with van der Waals surface area (Å²) in [4.78, 5) is 23.8. The fourth-order valence-electron chi connectivity index (χ4n) is 1.79. The molecule has 1 amide bonds. The summed E-state index contributed by atoms with van der Waals surface area (Å²) in [5, 5.41) is 2.62. The van der Waals surface area contributed by atoms with Gasteiger partial charge in [-0.15, -0.1) is 0 Å². The highest BCUT2D eigenvalue weighted by Gasteiger charge is 2.15. The van der Waals surface area contributed by atoms with E-state index in [4.69, 9.17) is 11.6 Å². The number of thioether (sulfide) groups is 1. The van der Waals surface area contributed by atoms with E-state index in [0.717, 1.165) is 0 Å². The number of amides is 1. The Morgan fingerprint density at radius 3 is 2.78 bits per heavy atom. The van der Waals surface area contributed by atoms with Crippen molar-refractivity contribution in [3.8, 4) is 0 Å². The number of rotatable bonds is 5. The third kappa shape index (κ3) is 5.05. The molecule has 1 aromatic carbocycles. The molecule has 0 saturated carbocycles. The van der Waals surface area contributed by atoms with Crippen molar-refractivity contribution in [2.45, 2.75) is 17.2 Å². The van der Waals surface area contributed by atoms with Gasteiger partial charge in [0.2, 0.25) is 5.91 Å². The highest BCUT2D eigenvalue weighted by atomic mass is 79.9. The topological polar surface area (TPSA) is 51.1 Å². The molecule has 9 heteroatoms. The van der Waals surface area contributed by atoms with Gasteiger partial charge < -0.3 is 9.88 Å². The molecule has 0 radical (unpaired) electrons. The first kappa shape index (κ1) is 18.0. The number of nitrogens with one attached hydrogen (secondary N) is 1. The lowest BCUT2D eigenvalue weighted by atomic mass is 10.3. The molecule has 122 valence electrons. The first-order valence-corrected chi connectivity index (χ1v) is 8.31. The quantitative estimate of drug-likeness (QED) is 0.733. The Balaban J connectivity index is 2.19. The van der Waals surface area contributed by atoms with Gasteiger partial charge in [0.25, 0.3) is 11.3 Å². The van der Waals surface area contributed by atoms with E-state index in [2.05, 4.69) is 21.2 Å². The van der Waals surface area contributed by atoms with Crippen LogP contribution >= 0.6 is 39.3 Å². The molecule has 0 aliphatic carbocycles. The number of nitrogens with zero attached hydrogens (tertiary/aromatic N) is 1. The lowest BCUT2D eigenvalue weighted by Gasteiger charge is -2.12. The molecule has 1 N–H and O–H groups in total. The molecular formula is C14H10BrClF2N2O2S. The van der Waals surface area contributed by atoms with Crippen LogP contribution in [0, 0.1) is 0 Å². The molecule has 2 rings (SSSR count). The van der Waals surface area contributed by atoms with Crippen molar-refractivity contribution in [2.75, 3.05) is 5.32 Å². The summed E-state index contributed by atoms with van der Waals surface area (Å²) in [6.45, 7) is -0.246. The third-order valence-electron chi connectivity index (χ3n) is 2.71. The zero-order valence-corrected chi connectivity index (χ0v) is 14.6. The Hall–Kier alpha value is -1.38. The zero-order chi connectivity index (χ0) is 17.0. The molecule has 0 unspecified atom stereocenters. The van der Waals surface area contributed by atoms with Gasteiger partial charge in [0.15, 0.2) is 0 Å². The maximum atomic E-state index is 12.6. The molecule has 0 aliphatic heterocycles. The molecule has 23 heavy (non-hydrogen) atoms. The van der Waals surface area contributed by atoms with Crippen LogP contribution in [0.3, 0.4) is 0 Å². The summed E-state index contributed by atoms with van der Waals surface area (Å²) < 4.78 is 27.0. The second-order valence-corrected chi connectivity index (χ2v) is 6.68. The Labute approximate surface area is 148 Å². The Kier molecular flexibility index (Phi) is 6.20. The number of carbonyl (C=O) groups is 1. The van der Waals surface area contributed by atoms with Crippen LogP contribution in [0.4, 0.5) is 14.5 Å². The number of hydrogen-bond acceptors (Lipinski definition) is 3. The number of alkyl halides is 2. The predicted molar refractivity (Wildman–Crippen MR) is 90.3 cm³/mol. The minimum absolute atomic E-state index is 0.0825. The van der Waals surface area contributed by atoms with E-state index < -0.39 is 11.7 Å². The molecule has 2 aromatic rings. The van der Waals surface area contributed by atoms with Gasteiger partial charge in [0, 0.05) is 16.7 Å². The van der Waals surface area contributed by atoms with Gasteiger partial charge in [0.1, 0.15) is 6.54 Å². The summed E-state index contributed by atoms with van der Waals surface area (Å²) in [6, 6.07) is 7.34. The number of carbonyl (C=O) groups excluding carboxylic acids is 1. The molecule has 0 atom stereocenters. The molecule has 0 spiro atoms.